The molecule has 0 fully saturated rings. The van der Waals surface area contributed by atoms with Crippen molar-refractivity contribution in [3.63, 3.8) is 0 Å². The minimum Gasteiger partial charge on any atom is -0.366 e. The van der Waals surface area contributed by atoms with Gasteiger partial charge in [0.1, 0.15) is 5.82 Å². The summed E-state index contributed by atoms with van der Waals surface area (Å²) in [7, 11) is -0.994. The molecule has 1 atom stereocenters. The Morgan fingerprint density at radius 1 is 1.24 bits per heavy atom. The molecule has 2 aromatic rings. The number of benzene rings is 2. The molecule has 1 heterocycles. The SMILES string of the molecule is CCN(C)C=Nc1ccc2c(c1)C(=O)N=S2(=O)Cc1ccc(F)cc1. The van der Waals surface area contributed by atoms with Crippen LogP contribution in [0.5, 0.6) is 0 Å². The highest BCUT2D eigenvalue weighted by Crippen LogP contribution is 2.32. The maximum absolute atomic E-state index is 13.2. The highest BCUT2D eigenvalue weighted by atomic mass is 32.2. The molecule has 1 amide bonds. The zero-order chi connectivity index (χ0) is 18.0. The molecule has 2 aromatic carbocycles. The summed E-state index contributed by atoms with van der Waals surface area (Å²) in [6, 6.07) is 10.7. The minimum absolute atomic E-state index is 0.0766. The number of fused-ring (bicyclic) bond motifs is 1. The van der Waals surface area contributed by atoms with Gasteiger partial charge in [-0.25, -0.2) is 13.6 Å². The number of nitrogens with zero attached hydrogens (tertiary/aromatic N) is 3. The zero-order valence-electron chi connectivity index (χ0n) is 14.0. The van der Waals surface area contributed by atoms with Gasteiger partial charge in [0.2, 0.25) is 0 Å². The molecule has 0 bridgehead atoms. The van der Waals surface area contributed by atoms with Crippen LogP contribution in [0.1, 0.15) is 22.8 Å². The molecule has 5 nitrogen and oxygen atoms in total. The summed E-state index contributed by atoms with van der Waals surface area (Å²) in [5.74, 6) is -0.784. The first kappa shape index (κ1) is 17.3. The van der Waals surface area contributed by atoms with Gasteiger partial charge in [-0.15, -0.1) is 0 Å². The summed E-state index contributed by atoms with van der Waals surface area (Å²) in [5, 5.41) is 0. The largest absolute Gasteiger partial charge is 0.366 e. The van der Waals surface area contributed by atoms with E-state index in [4.69, 9.17) is 0 Å². The van der Waals surface area contributed by atoms with Gasteiger partial charge in [-0.2, -0.15) is 4.36 Å². The highest BCUT2D eigenvalue weighted by molar-refractivity contribution is 7.93. The molecule has 0 spiro atoms. The topological polar surface area (TPSA) is 62.1 Å². The van der Waals surface area contributed by atoms with Gasteiger partial charge in [-0.1, -0.05) is 12.1 Å². The number of rotatable bonds is 5. The van der Waals surface area contributed by atoms with Gasteiger partial charge in [0.15, 0.2) is 0 Å². The summed E-state index contributed by atoms with van der Waals surface area (Å²) < 4.78 is 30.1. The van der Waals surface area contributed by atoms with Crippen LogP contribution in [-0.2, 0) is 15.5 Å². The number of carbonyl (C=O) groups is 1. The first-order valence-corrected chi connectivity index (χ1v) is 9.52. The fourth-order valence-electron chi connectivity index (χ4n) is 2.44. The molecule has 1 aliphatic heterocycles. The molecule has 0 saturated carbocycles. The van der Waals surface area contributed by atoms with Gasteiger partial charge in [0.05, 0.1) is 38.0 Å². The monoisotopic (exact) mass is 359 g/mol. The molecular formula is C18H18FN3O2S. The lowest BCUT2D eigenvalue weighted by Gasteiger charge is -2.09. The van der Waals surface area contributed by atoms with Gasteiger partial charge in [0.25, 0.3) is 5.91 Å². The van der Waals surface area contributed by atoms with E-state index in [2.05, 4.69) is 9.36 Å². The number of hydrogen-bond acceptors (Lipinski definition) is 3. The lowest BCUT2D eigenvalue weighted by molar-refractivity contribution is 0.101. The van der Waals surface area contributed by atoms with E-state index >= 15 is 0 Å². The van der Waals surface area contributed by atoms with E-state index in [0.29, 0.717) is 21.7 Å². The number of aliphatic imine (C=N–C) groups is 1. The third kappa shape index (κ3) is 3.61. The third-order valence-electron chi connectivity index (χ3n) is 3.95. The van der Waals surface area contributed by atoms with Crippen LogP contribution in [0.25, 0.3) is 0 Å². The number of hydrogen-bond donors (Lipinski definition) is 0. The van der Waals surface area contributed by atoms with Crippen LogP contribution in [0.2, 0.25) is 0 Å². The van der Waals surface area contributed by atoms with Crippen molar-refractivity contribution in [1.29, 1.82) is 0 Å². The van der Waals surface area contributed by atoms with Crippen LogP contribution in [0, 0.1) is 5.82 Å². The molecule has 0 saturated heterocycles. The van der Waals surface area contributed by atoms with Crippen LogP contribution in [0.15, 0.2) is 56.7 Å². The van der Waals surface area contributed by atoms with Crippen LogP contribution >= 0.6 is 0 Å². The van der Waals surface area contributed by atoms with Crippen molar-refractivity contribution in [2.45, 2.75) is 17.6 Å². The van der Waals surface area contributed by atoms with Crippen molar-refractivity contribution >= 4 is 27.7 Å². The van der Waals surface area contributed by atoms with E-state index < -0.39 is 15.6 Å². The van der Waals surface area contributed by atoms with Gasteiger partial charge < -0.3 is 4.90 Å². The predicted octanol–water partition coefficient (Wildman–Crippen LogP) is 3.62. The molecule has 0 N–H and O–H groups in total. The second-order valence-corrected chi connectivity index (χ2v) is 8.00. The van der Waals surface area contributed by atoms with Crippen LogP contribution < -0.4 is 0 Å². The van der Waals surface area contributed by atoms with Crippen molar-refractivity contribution in [3.05, 3.63) is 59.4 Å². The molecule has 25 heavy (non-hydrogen) atoms. The van der Waals surface area contributed by atoms with Gasteiger partial charge >= 0.3 is 0 Å². The zero-order valence-corrected chi connectivity index (χ0v) is 14.8. The minimum atomic E-state index is -2.89. The Bertz CT molecular complexity index is 961. The Morgan fingerprint density at radius 2 is 1.96 bits per heavy atom. The van der Waals surface area contributed by atoms with Gasteiger partial charge in [-0.05, 0) is 42.8 Å². The van der Waals surface area contributed by atoms with Crippen molar-refractivity contribution in [3.8, 4) is 0 Å². The number of amides is 1. The summed E-state index contributed by atoms with van der Waals surface area (Å²) >= 11 is 0. The standard InChI is InChI=1S/C18H18FN3O2S/c1-3-22(2)12-20-15-8-9-17-16(10-15)18(23)21-25(17,24)11-13-4-6-14(19)7-5-13/h4-10,12H,3,11H2,1-2H3. The third-order valence-corrected chi connectivity index (χ3v) is 6.17. The second-order valence-electron chi connectivity index (χ2n) is 5.81. The molecule has 0 aliphatic carbocycles. The van der Waals surface area contributed by atoms with E-state index in [-0.39, 0.29) is 11.6 Å². The Morgan fingerprint density at radius 3 is 2.64 bits per heavy atom. The maximum Gasteiger partial charge on any atom is 0.286 e. The Balaban J connectivity index is 1.93. The van der Waals surface area contributed by atoms with Crippen molar-refractivity contribution in [1.82, 2.24) is 4.90 Å². The average Bonchev–Trinajstić information content (AvgIpc) is 2.85. The average molecular weight is 359 g/mol. The van der Waals surface area contributed by atoms with E-state index in [1.165, 1.54) is 12.1 Å². The molecule has 1 aliphatic rings. The predicted molar refractivity (Wildman–Crippen MR) is 96.2 cm³/mol. The van der Waals surface area contributed by atoms with Crippen LogP contribution in [0.4, 0.5) is 10.1 Å². The van der Waals surface area contributed by atoms with Crippen LogP contribution in [0.3, 0.4) is 0 Å². The number of halogens is 1. The molecular weight excluding hydrogens is 341 g/mol. The Hall–Kier alpha value is -2.54. The lowest BCUT2D eigenvalue weighted by atomic mass is 10.2. The van der Waals surface area contributed by atoms with Crippen molar-refractivity contribution in [2.75, 3.05) is 13.6 Å². The normalized spacial score (nSPS) is 19.1. The highest BCUT2D eigenvalue weighted by Gasteiger charge is 2.29. The Kier molecular flexibility index (Phi) is 4.67. The van der Waals surface area contributed by atoms with Gasteiger partial charge in [-0.3, -0.25) is 4.79 Å². The number of carbonyl (C=O) groups excluding carboxylic acids is 1. The fourth-order valence-corrected chi connectivity index (χ4v) is 4.54. The molecule has 7 heteroatoms. The maximum atomic E-state index is 13.2. The molecule has 3 rings (SSSR count). The quantitative estimate of drug-likeness (QED) is 0.605. The van der Waals surface area contributed by atoms with E-state index in [0.717, 1.165) is 6.54 Å². The Labute approximate surface area is 146 Å². The van der Waals surface area contributed by atoms with Crippen molar-refractivity contribution < 1.29 is 13.4 Å². The van der Waals surface area contributed by atoms with Gasteiger partial charge in [0, 0.05) is 13.6 Å². The second kappa shape index (κ2) is 6.76. The summed E-state index contributed by atoms with van der Waals surface area (Å²) in [4.78, 5) is 18.8. The summed E-state index contributed by atoms with van der Waals surface area (Å²) in [5.41, 5.74) is 1.59. The lowest BCUT2D eigenvalue weighted by Crippen LogP contribution is -2.14. The molecule has 0 aromatic heterocycles. The first-order valence-electron chi connectivity index (χ1n) is 7.83. The van der Waals surface area contributed by atoms with E-state index in [9.17, 15) is 13.4 Å². The smallest absolute Gasteiger partial charge is 0.286 e. The molecule has 130 valence electrons. The van der Waals surface area contributed by atoms with E-state index in [1.807, 2.05) is 18.9 Å². The molecule has 1 unspecified atom stereocenters. The first-order chi connectivity index (χ1) is 11.9. The van der Waals surface area contributed by atoms with Crippen LogP contribution in [-0.4, -0.2) is 34.9 Å². The van der Waals surface area contributed by atoms with Crippen molar-refractivity contribution in [2.24, 2.45) is 9.36 Å². The summed E-state index contributed by atoms with van der Waals surface area (Å²) in [6.45, 7) is 2.82. The van der Waals surface area contributed by atoms with E-state index in [1.54, 1.807) is 36.7 Å². The molecule has 0 radical (unpaired) electrons. The summed E-state index contributed by atoms with van der Waals surface area (Å²) in [6.07, 6.45) is 1.67. The fraction of sp³-hybridized carbons (Fsp3) is 0.222.